The number of ether oxygens (including phenoxy) is 3. The van der Waals surface area contributed by atoms with Gasteiger partial charge in [0, 0.05) is 15.5 Å². The number of methoxy groups -OCH3 is 3. The number of nitrogens with one attached hydrogen (secondary N) is 1. The number of nitrogens with zero attached hydrogens (tertiary/aromatic N) is 2. The number of halogens is 1. The molecular weight excluding hydrogens is 470 g/mol. The van der Waals surface area contributed by atoms with Gasteiger partial charge in [-0.1, -0.05) is 40.2 Å². The number of benzene rings is 3. The summed E-state index contributed by atoms with van der Waals surface area (Å²) in [4.78, 5) is 8.72. The summed E-state index contributed by atoms with van der Waals surface area (Å²) in [5.41, 5.74) is 3.82. The van der Waals surface area contributed by atoms with Crippen molar-refractivity contribution in [3.05, 3.63) is 76.5 Å². The molecule has 0 saturated carbocycles. The molecule has 0 aliphatic carbocycles. The molecule has 0 saturated heterocycles. The molecule has 1 N–H and O–H groups in total. The molecule has 0 aliphatic rings. The largest absolute Gasteiger partial charge is 0.493 e. The van der Waals surface area contributed by atoms with Crippen LogP contribution in [0.1, 0.15) is 11.1 Å². The highest BCUT2D eigenvalue weighted by Gasteiger charge is 2.12. The number of hydrogen-bond acceptors (Lipinski definition) is 6. The third-order valence-corrected chi connectivity index (χ3v) is 5.42. The van der Waals surface area contributed by atoms with Crippen molar-refractivity contribution in [3.8, 4) is 17.2 Å². The van der Waals surface area contributed by atoms with Crippen molar-refractivity contribution in [3.63, 3.8) is 0 Å². The summed E-state index contributed by atoms with van der Waals surface area (Å²) >= 11 is 3.51. The van der Waals surface area contributed by atoms with E-state index in [4.69, 9.17) is 14.2 Å². The summed E-state index contributed by atoms with van der Waals surface area (Å²) in [7, 11) is 4.81. The van der Waals surface area contributed by atoms with Crippen LogP contribution in [-0.4, -0.2) is 31.3 Å². The molecular formula is C25H22BrN3O3. The van der Waals surface area contributed by atoms with Gasteiger partial charge in [-0.05, 0) is 53.6 Å². The van der Waals surface area contributed by atoms with Crippen LogP contribution in [0, 0.1) is 0 Å². The highest BCUT2D eigenvalue weighted by atomic mass is 79.9. The first-order valence-electron chi connectivity index (χ1n) is 9.86. The van der Waals surface area contributed by atoms with Crippen molar-refractivity contribution in [2.24, 2.45) is 0 Å². The summed E-state index contributed by atoms with van der Waals surface area (Å²) in [6, 6.07) is 17.9. The zero-order valence-electron chi connectivity index (χ0n) is 17.9. The average Bonchev–Trinajstić information content (AvgIpc) is 2.83. The van der Waals surface area contributed by atoms with Gasteiger partial charge >= 0.3 is 0 Å². The topological polar surface area (TPSA) is 65.5 Å². The fourth-order valence-electron chi connectivity index (χ4n) is 3.33. The Labute approximate surface area is 195 Å². The zero-order valence-corrected chi connectivity index (χ0v) is 19.5. The number of rotatable bonds is 7. The van der Waals surface area contributed by atoms with E-state index in [0.717, 1.165) is 38.0 Å². The van der Waals surface area contributed by atoms with Gasteiger partial charge < -0.3 is 19.5 Å². The van der Waals surface area contributed by atoms with Gasteiger partial charge in [0.1, 0.15) is 12.1 Å². The lowest BCUT2D eigenvalue weighted by atomic mass is 10.1. The number of hydrogen-bond donors (Lipinski definition) is 1. The molecule has 162 valence electrons. The third-order valence-electron chi connectivity index (χ3n) is 4.93. The van der Waals surface area contributed by atoms with Gasteiger partial charge in [0.05, 0.1) is 26.8 Å². The second-order valence-electron chi connectivity index (χ2n) is 6.92. The fourth-order valence-corrected chi connectivity index (χ4v) is 3.69. The van der Waals surface area contributed by atoms with E-state index in [1.54, 1.807) is 27.7 Å². The minimum atomic E-state index is 0.576. The fraction of sp³-hybridized carbons (Fsp3) is 0.120. The van der Waals surface area contributed by atoms with Crippen molar-refractivity contribution < 1.29 is 14.2 Å². The summed E-state index contributed by atoms with van der Waals surface area (Å²) in [6.07, 6.45) is 5.59. The van der Waals surface area contributed by atoms with Gasteiger partial charge in [-0.25, -0.2) is 9.97 Å². The average molecular weight is 492 g/mol. The Bertz CT molecular complexity index is 1250. The maximum Gasteiger partial charge on any atom is 0.203 e. The van der Waals surface area contributed by atoms with Crippen LogP contribution in [-0.2, 0) is 0 Å². The Morgan fingerprint density at radius 1 is 0.781 bits per heavy atom. The van der Waals surface area contributed by atoms with Gasteiger partial charge in [-0.2, -0.15) is 0 Å². The van der Waals surface area contributed by atoms with Crippen molar-refractivity contribution in [2.45, 2.75) is 0 Å². The van der Waals surface area contributed by atoms with Crippen LogP contribution >= 0.6 is 15.9 Å². The molecule has 3 aromatic carbocycles. The summed E-state index contributed by atoms with van der Waals surface area (Å²) < 4.78 is 17.2. The van der Waals surface area contributed by atoms with Gasteiger partial charge in [0.25, 0.3) is 0 Å². The molecule has 6 nitrogen and oxygen atoms in total. The standard InChI is InChI=1S/C25H22BrN3O3/c1-30-22-12-17(13-23(31-2)24(22)32-3)5-4-16-6-9-19(10-7-16)29-25-20-14-18(26)8-11-21(20)27-15-28-25/h4-15H,1-3H3,(H,27,28,29)/b5-4+. The molecule has 0 spiro atoms. The lowest BCUT2D eigenvalue weighted by molar-refractivity contribution is 0.324. The predicted octanol–water partition coefficient (Wildman–Crippen LogP) is 6.33. The zero-order chi connectivity index (χ0) is 22.5. The first-order valence-corrected chi connectivity index (χ1v) is 10.7. The van der Waals surface area contributed by atoms with Crippen LogP contribution in [0.4, 0.5) is 11.5 Å². The highest BCUT2D eigenvalue weighted by Crippen LogP contribution is 2.38. The van der Waals surface area contributed by atoms with E-state index in [9.17, 15) is 0 Å². The lowest BCUT2D eigenvalue weighted by Crippen LogP contribution is -1.96. The molecule has 0 amide bonds. The van der Waals surface area contributed by atoms with Crippen LogP contribution < -0.4 is 19.5 Å². The summed E-state index contributed by atoms with van der Waals surface area (Å²) in [5, 5.41) is 4.33. The summed E-state index contributed by atoms with van der Waals surface area (Å²) in [6.45, 7) is 0. The van der Waals surface area contributed by atoms with Gasteiger partial charge in [-0.15, -0.1) is 0 Å². The minimum absolute atomic E-state index is 0.576. The van der Waals surface area contributed by atoms with Crippen molar-refractivity contribution in [1.82, 2.24) is 9.97 Å². The molecule has 32 heavy (non-hydrogen) atoms. The maximum absolute atomic E-state index is 5.42. The smallest absolute Gasteiger partial charge is 0.203 e. The van der Waals surface area contributed by atoms with E-state index in [2.05, 4.69) is 31.2 Å². The van der Waals surface area contributed by atoms with Crippen LogP contribution in [0.2, 0.25) is 0 Å². The van der Waals surface area contributed by atoms with Crippen molar-refractivity contribution >= 4 is 50.5 Å². The van der Waals surface area contributed by atoms with Crippen LogP contribution in [0.15, 0.2) is 65.4 Å². The lowest BCUT2D eigenvalue weighted by Gasteiger charge is -2.12. The molecule has 1 aromatic heterocycles. The minimum Gasteiger partial charge on any atom is -0.493 e. The Balaban J connectivity index is 1.54. The highest BCUT2D eigenvalue weighted by molar-refractivity contribution is 9.10. The van der Waals surface area contributed by atoms with E-state index in [1.807, 2.05) is 66.7 Å². The second kappa shape index (κ2) is 9.70. The van der Waals surface area contributed by atoms with E-state index in [0.29, 0.717) is 17.2 Å². The molecule has 7 heteroatoms. The Morgan fingerprint density at radius 3 is 2.12 bits per heavy atom. The molecule has 4 aromatic rings. The van der Waals surface area contributed by atoms with Gasteiger partial charge in [0.15, 0.2) is 11.5 Å². The first kappa shape index (κ1) is 21.6. The SMILES string of the molecule is COc1cc(/C=C/c2ccc(Nc3ncnc4ccc(Br)cc34)cc2)cc(OC)c1OC. The quantitative estimate of drug-likeness (QED) is 0.304. The van der Waals surface area contributed by atoms with E-state index >= 15 is 0 Å². The normalized spacial score (nSPS) is 11.0. The monoisotopic (exact) mass is 491 g/mol. The van der Waals surface area contributed by atoms with Crippen molar-refractivity contribution in [2.75, 3.05) is 26.6 Å². The van der Waals surface area contributed by atoms with Gasteiger partial charge in [0.2, 0.25) is 5.75 Å². The second-order valence-corrected chi connectivity index (χ2v) is 7.84. The van der Waals surface area contributed by atoms with E-state index in [1.165, 1.54) is 0 Å². The molecule has 0 atom stereocenters. The number of aromatic nitrogens is 2. The molecule has 1 heterocycles. The van der Waals surface area contributed by atoms with E-state index in [-0.39, 0.29) is 0 Å². The third kappa shape index (κ3) is 4.68. The molecule has 0 aliphatic heterocycles. The van der Waals surface area contributed by atoms with Gasteiger partial charge in [-0.3, -0.25) is 0 Å². The van der Waals surface area contributed by atoms with Crippen LogP contribution in [0.5, 0.6) is 17.2 Å². The molecule has 0 radical (unpaired) electrons. The van der Waals surface area contributed by atoms with Crippen molar-refractivity contribution in [1.29, 1.82) is 0 Å². The molecule has 0 unspecified atom stereocenters. The number of fused-ring (bicyclic) bond motifs is 1. The molecule has 0 bridgehead atoms. The Morgan fingerprint density at radius 2 is 1.47 bits per heavy atom. The Kier molecular flexibility index (Phi) is 6.56. The maximum atomic E-state index is 5.42. The summed E-state index contributed by atoms with van der Waals surface area (Å²) in [5.74, 6) is 2.58. The van der Waals surface area contributed by atoms with Crippen LogP contribution in [0.25, 0.3) is 23.1 Å². The van der Waals surface area contributed by atoms with Crippen LogP contribution in [0.3, 0.4) is 0 Å². The Hall–Kier alpha value is -3.58. The first-order chi connectivity index (χ1) is 15.6. The number of anilines is 2. The molecule has 4 rings (SSSR count). The molecule has 0 fully saturated rings. The van der Waals surface area contributed by atoms with E-state index < -0.39 is 0 Å². The predicted molar refractivity (Wildman–Crippen MR) is 132 cm³/mol.